The number of hydrogen-bond donors (Lipinski definition) is 1. The molecule has 3 unspecified atom stereocenters. The number of rotatable bonds is 6. The van der Waals surface area contributed by atoms with Crippen molar-refractivity contribution in [2.45, 2.75) is 84.5 Å². The van der Waals surface area contributed by atoms with Gasteiger partial charge in [-0.1, -0.05) is 0 Å². The maximum Gasteiger partial charge on any atom is 0.410 e. The smallest absolute Gasteiger partial charge is 0.410 e. The molecule has 1 rings (SSSR count). The lowest BCUT2D eigenvalue weighted by molar-refractivity contribution is -0.145. The molecule has 0 saturated carbocycles. The van der Waals surface area contributed by atoms with E-state index in [0.29, 0.717) is 6.61 Å². The minimum Gasteiger partial charge on any atom is -0.465 e. The Kier molecular flexibility index (Phi) is 7.32. The van der Waals surface area contributed by atoms with Crippen LogP contribution in [0.3, 0.4) is 0 Å². The Labute approximate surface area is 139 Å². The van der Waals surface area contributed by atoms with Crippen LogP contribution in [0.5, 0.6) is 0 Å². The predicted molar refractivity (Wildman–Crippen MR) is 89.3 cm³/mol. The largest absolute Gasteiger partial charge is 0.465 e. The molecule has 3 atom stereocenters. The van der Waals surface area contributed by atoms with Crippen LogP contribution in [-0.2, 0) is 14.3 Å². The molecule has 6 nitrogen and oxygen atoms in total. The quantitative estimate of drug-likeness (QED) is 0.759. The van der Waals surface area contributed by atoms with Gasteiger partial charge in [0.25, 0.3) is 0 Å². The van der Waals surface area contributed by atoms with Gasteiger partial charge in [0.05, 0.1) is 6.61 Å². The van der Waals surface area contributed by atoms with Gasteiger partial charge < -0.3 is 19.7 Å². The first-order chi connectivity index (χ1) is 10.6. The van der Waals surface area contributed by atoms with Gasteiger partial charge in [-0.3, -0.25) is 4.79 Å². The third-order valence-corrected chi connectivity index (χ3v) is 3.81. The molecule has 0 radical (unpaired) electrons. The fourth-order valence-corrected chi connectivity index (χ4v) is 2.88. The van der Waals surface area contributed by atoms with Gasteiger partial charge >= 0.3 is 12.1 Å². The van der Waals surface area contributed by atoms with Gasteiger partial charge in [-0.15, -0.1) is 0 Å². The summed E-state index contributed by atoms with van der Waals surface area (Å²) in [6.07, 6.45) is 2.51. The summed E-state index contributed by atoms with van der Waals surface area (Å²) in [7, 11) is 0. The molecule has 6 heteroatoms. The van der Waals surface area contributed by atoms with Crippen molar-refractivity contribution < 1.29 is 19.1 Å². The van der Waals surface area contributed by atoms with Crippen molar-refractivity contribution in [1.82, 2.24) is 10.2 Å². The van der Waals surface area contributed by atoms with Crippen molar-refractivity contribution in [3.8, 4) is 0 Å². The van der Waals surface area contributed by atoms with E-state index in [1.165, 1.54) is 0 Å². The second-order valence-electron chi connectivity index (χ2n) is 7.25. The number of nitrogens with zero attached hydrogens (tertiary/aromatic N) is 1. The number of amides is 1. The summed E-state index contributed by atoms with van der Waals surface area (Å²) in [5.74, 6) is -0.241. The molecule has 1 amide bonds. The topological polar surface area (TPSA) is 67.9 Å². The molecule has 0 aromatic carbocycles. The molecule has 0 spiro atoms. The van der Waals surface area contributed by atoms with Crippen molar-refractivity contribution in [3.05, 3.63) is 0 Å². The molecule has 0 aliphatic carbocycles. The summed E-state index contributed by atoms with van der Waals surface area (Å²) in [6, 6.07) is -0.0782. The monoisotopic (exact) mass is 328 g/mol. The number of esters is 1. The minimum absolute atomic E-state index is 0.113. The second-order valence-corrected chi connectivity index (χ2v) is 7.25. The van der Waals surface area contributed by atoms with E-state index in [0.717, 1.165) is 25.8 Å². The highest BCUT2D eigenvalue weighted by Gasteiger charge is 2.33. The van der Waals surface area contributed by atoms with Crippen molar-refractivity contribution in [2.24, 2.45) is 0 Å². The van der Waals surface area contributed by atoms with E-state index in [4.69, 9.17) is 9.47 Å². The Morgan fingerprint density at radius 2 is 1.96 bits per heavy atom. The fraction of sp³-hybridized carbons (Fsp3) is 0.882. The standard InChI is InChI=1S/C17H32N2O4/c1-7-22-15(20)13(3)18-12(2)11-14-9-8-10-19(14)16(21)23-17(4,5)6/h12-14,18H,7-11H2,1-6H3. The molecule has 1 N–H and O–H groups in total. The molecule has 1 saturated heterocycles. The molecule has 1 aliphatic heterocycles. The zero-order chi connectivity index (χ0) is 17.6. The molecule has 1 heterocycles. The Morgan fingerprint density at radius 3 is 2.52 bits per heavy atom. The first-order valence-electron chi connectivity index (χ1n) is 8.56. The van der Waals surface area contributed by atoms with Crippen molar-refractivity contribution >= 4 is 12.1 Å². The number of hydrogen-bond acceptors (Lipinski definition) is 5. The van der Waals surface area contributed by atoms with Gasteiger partial charge in [0.15, 0.2) is 0 Å². The van der Waals surface area contributed by atoms with E-state index in [1.54, 1.807) is 13.8 Å². The first-order valence-corrected chi connectivity index (χ1v) is 8.56. The van der Waals surface area contributed by atoms with Crippen LogP contribution in [0.25, 0.3) is 0 Å². The van der Waals surface area contributed by atoms with Crippen LogP contribution in [0.1, 0.15) is 60.8 Å². The number of ether oxygens (including phenoxy) is 2. The second kappa shape index (κ2) is 8.52. The van der Waals surface area contributed by atoms with Gasteiger partial charge in [0.2, 0.25) is 0 Å². The Morgan fingerprint density at radius 1 is 1.30 bits per heavy atom. The minimum atomic E-state index is -0.480. The lowest BCUT2D eigenvalue weighted by atomic mass is 10.1. The lowest BCUT2D eigenvalue weighted by Crippen LogP contribution is -2.46. The van der Waals surface area contributed by atoms with Gasteiger partial charge in [-0.2, -0.15) is 0 Å². The summed E-state index contributed by atoms with van der Waals surface area (Å²) in [5.41, 5.74) is -0.480. The molecule has 134 valence electrons. The van der Waals surface area contributed by atoms with Gasteiger partial charge in [-0.05, 0) is 60.8 Å². The Bertz CT molecular complexity index is 406. The van der Waals surface area contributed by atoms with E-state index in [2.05, 4.69) is 5.32 Å². The summed E-state index contributed by atoms with van der Waals surface area (Å²) in [4.78, 5) is 25.8. The third kappa shape index (κ3) is 6.77. The van der Waals surface area contributed by atoms with Crippen LogP contribution in [0.15, 0.2) is 0 Å². The maximum absolute atomic E-state index is 12.3. The number of carbonyl (C=O) groups excluding carboxylic acids is 2. The highest BCUT2D eigenvalue weighted by Crippen LogP contribution is 2.24. The molecule has 1 fully saturated rings. The molecule has 0 bridgehead atoms. The van der Waals surface area contributed by atoms with Gasteiger partial charge in [-0.25, -0.2) is 4.79 Å². The van der Waals surface area contributed by atoms with Crippen molar-refractivity contribution in [2.75, 3.05) is 13.2 Å². The number of carbonyl (C=O) groups is 2. The molecular weight excluding hydrogens is 296 g/mol. The zero-order valence-corrected chi connectivity index (χ0v) is 15.3. The molecule has 0 aromatic heterocycles. The third-order valence-electron chi connectivity index (χ3n) is 3.81. The zero-order valence-electron chi connectivity index (χ0n) is 15.3. The average molecular weight is 328 g/mol. The van der Waals surface area contributed by atoms with Gasteiger partial charge in [0, 0.05) is 18.6 Å². The van der Waals surface area contributed by atoms with Crippen molar-refractivity contribution in [1.29, 1.82) is 0 Å². The van der Waals surface area contributed by atoms with E-state index in [1.807, 2.05) is 32.6 Å². The van der Waals surface area contributed by atoms with Crippen LogP contribution in [0.2, 0.25) is 0 Å². The molecule has 0 aromatic rings. The van der Waals surface area contributed by atoms with Crippen LogP contribution in [0.4, 0.5) is 4.79 Å². The van der Waals surface area contributed by atoms with Crippen molar-refractivity contribution in [3.63, 3.8) is 0 Å². The van der Waals surface area contributed by atoms with Crippen LogP contribution >= 0.6 is 0 Å². The van der Waals surface area contributed by atoms with E-state index in [9.17, 15) is 9.59 Å². The van der Waals surface area contributed by atoms with E-state index < -0.39 is 5.60 Å². The van der Waals surface area contributed by atoms with Crippen LogP contribution in [-0.4, -0.2) is 53.8 Å². The predicted octanol–water partition coefficient (Wildman–Crippen LogP) is 2.71. The summed E-state index contributed by atoms with van der Waals surface area (Å²) in [6.45, 7) is 12.4. The Hall–Kier alpha value is -1.30. The SMILES string of the molecule is CCOC(=O)C(C)NC(C)CC1CCCN1C(=O)OC(C)(C)C. The lowest BCUT2D eigenvalue weighted by Gasteiger charge is -2.30. The first kappa shape index (κ1) is 19.7. The van der Waals surface area contributed by atoms with Gasteiger partial charge in [0.1, 0.15) is 11.6 Å². The highest BCUT2D eigenvalue weighted by atomic mass is 16.6. The number of likely N-dealkylation sites (tertiary alicyclic amines) is 1. The number of nitrogens with one attached hydrogen (secondary N) is 1. The molecular formula is C17H32N2O4. The summed E-state index contributed by atoms with van der Waals surface area (Å²) < 4.78 is 10.5. The normalized spacial score (nSPS) is 21.0. The summed E-state index contributed by atoms with van der Waals surface area (Å²) in [5, 5.41) is 3.25. The molecule has 23 heavy (non-hydrogen) atoms. The average Bonchev–Trinajstić information content (AvgIpc) is 2.84. The van der Waals surface area contributed by atoms with E-state index >= 15 is 0 Å². The van der Waals surface area contributed by atoms with E-state index in [-0.39, 0.29) is 30.2 Å². The summed E-state index contributed by atoms with van der Waals surface area (Å²) >= 11 is 0. The molecule has 1 aliphatic rings. The van der Waals surface area contributed by atoms with Crippen LogP contribution in [0, 0.1) is 0 Å². The Balaban J connectivity index is 2.51. The highest BCUT2D eigenvalue weighted by molar-refractivity contribution is 5.75. The van der Waals surface area contributed by atoms with Crippen LogP contribution < -0.4 is 5.32 Å². The fourth-order valence-electron chi connectivity index (χ4n) is 2.88. The maximum atomic E-state index is 12.3.